The molecule has 0 saturated heterocycles. The lowest BCUT2D eigenvalue weighted by Crippen LogP contribution is -1.83. The van der Waals surface area contributed by atoms with Crippen molar-refractivity contribution in [3.05, 3.63) is 140 Å². The highest BCUT2D eigenvalue weighted by Gasteiger charge is 2.24. The van der Waals surface area contributed by atoms with E-state index in [1.54, 1.807) is 6.08 Å². The number of rotatable bonds is 4. The van der Waals surface area contributed by atoms with Crippen LogP contribution in [0.3, 0.4) is 0 Å². The summed E-state index contributed by atoms with van der Waals surface area (Å²) < 4.78 is 26.5. The fourth-order valence-electron chi connectivity index (χ4n) is 7.24. The van der Waals surface area contributed by atoms with E-state index in [2.05, 4.69) is 61.7 Å². The first-order valence-corrected chi connectivity index (χ1v) is 15.2. The lowest BCUT2D eigenvalue weighted by atomic mass is 9.96. The third-order valence-corrected chi connectivity index (χ3v) is 9.20. The van der Waals surface area contributed by atoms with E-state index in [4.69, 9.17) is 17.7 Å². The van der Waals surface area contributed by atoms with Crippen molar-refractivity contribution in [1.82, 2.24) is 0 Å². The van der Waals surface area contributed by atoms with E-state index >= 15 is 0 Å². The van der Waals surface area contributed by atoms with Crippen LogP contribution in [0.1, 0.15) is 5.56 Å². The fraction of sp³-hybridized carbons (Fsp3) is 0. The maximum Gasteiger partial charge on any atom is 0.144 e. The SMILES string of the molecule is C=C/C=C(\C=C)c1cc2oc3cc4c(cc3c2c2c1oc1ccccc12)oc1cc(-c2ccccc2)c2oc3ccccc3c2c14. The predicted molar refractivity (Wildman–Crippen MR) is 189 cm³/mol. The van der Waals surface area contributed by atoms with Gasteiger partial charge in [-0.2, -0.15) is 0 Å². The highest BCUT2D eigenvalue weighted by molar-refractivity contribution is 6.32. The van der Waals surface area contributed by atoms with Gasteiger partial charge in [0.05, 0.1) is 0 Å². The molecule has 0 aliphatic rings. The summed E-state index contributed by atoms with van der Waals surface area (Å²) in [5.74, 6) is 0. The van der Waals surface area contributed by atoms with Gasteiger partial charge in [-0.15, -0.1) is 0 Å². The van der Waals surface area contributed by atoms with E-state index in [1.807, 2.05) is 66.7 Å². The molecule has 0 unspecified atom stereocenters. The van der Waals surface area contributed by atoms with Gasteiger partial charge in [-0.25, -0.2) is 0 Å². The zero-order chi connectivity index (χ0) is 30.5. The van der Waals surface area contributed by atoms with Crippen LogP contribution in [0.4, 0.5) is 0 Å². The number of para-hydroxylation sites is 2. The van der Waals surface area contributed by atoms with Gasteiger partial charge in [0.25, 0.3) is 0 Å². The smallest absolute Gasteiger partial charge is 0.144 e. The third kappa shape index (κ3) is 3.27. The van der Waals surface area contributed by atoms with Gasteiger partial charge < -0.3 is 17.7 Å². The maximum atomic E-state index is 6.72. The van der Waals surface area contributed by atoms with E-state index in [0.29, 0.717) is 0 Å². The molecule has 0 atom stereocenters. The molecule has 0 amide bonds. The van der Waals surface area contributed by atoms with Crippen LogP contribution < -0.4 is 0 Å². The molecule has 6 aromatic carbocycles. The van der Waals surface area contributed by atoms with Crippen molar-refractivity contribution < 1.29 is 17.7 Å². The molecule has 216 valence electrons. The van der Waals surface area contributed by atoms with Crippen LogP contribution in [0.15, 0.2) is 152 Å². The van der Waals surface area contributed by atoms with Crippen LogP contribution in [0.2, 0.25) is 0 Å². The Hall–Kier alpha value is -6.26. The Bertz CT molecular complexity index is 2940. The second kappa shape index (κ2) is 9.13. The van der Waals surface area contributed by atoms with E-state index < -0.39 is 0 Å². The molecule has 10 aromatic rings. The first-order chi connectivity index (χ1) is 22.7. The minimum absolute atomic E-state index is 0.767. The van der Waals surface area contributed by atoms with Crippen LogP contribution in [0.25, 0.3) is 104 Å². The minimum Gasteiger partial charge on any atom is -0.456 e. The molecular weight excluding hydrogens is 568 g/mol. The summed E-state index contributed by atoms with van der Waals surface area (Å²) in [6.07, 6.45) is 5.52. The highest BCUT2D eigenvalue weighted by atomic mass is 16.3. The Morgan fingerprint density at radius 1 is 0.478 bits per heavy atom. The largest absolute Gasteiger partial charge is 0.456 e. The van der Waals surface area contributed by atoms with Crippen LogP contribution in [0, 0.1) is 0 Å². The molecule has 4 heteroatoms. The van der Waals surface area contributed by atoms with Crippen LogP contribution in [0.5, 0.6) is 0 Å². The van der Waals surface area contributed by atoms with Crippen molar-refractivity contribution in [2.45, 2.75) is 0 Å². The second-order valence-electron chi connectivity index (χ2n) is 11.7. The third-order valence-electron chi connectivity index (χ3n) is 9.20. The van der Waals surface area contributed by atoms with Crippen molar-refractivity contribution in [3.63, 3.8) is 0 Å². The van der Waals surface area contributed by atoms with E-state index in [9.17, 15) is 0 Å². The maximum absolute atomic E-state index is 6.72. The Labute approximate surface area is 261 Å². The van der Waals surface area contributed by atoms with E-state index in [-0.39, 0.29) is 0 Å². The molecule has 0 aliphatic heterocycles. The normalized spacial score (nSPS) is 12.7. The molecule has 0 N–H and O–H groups in total. The summed E-state index contributed by atoms with van der Waals surface area (Å²) in [5.41, 5.74) is 10.3. The molecule has 4 heterocycles. The molecule has 0 radical (unpaired) electrons. The summed E-state index contributed by atoms with van der Waals surface area (Å²) in [6, 6.07) is 35.0. The van der Waals surface area contributed by atoms with E-state index in [1.165, 1.54) is 0 Å². The van der Waals surface area contributed by atoms with Crippen molar-refractivity contribution in [1.29, 1.82) is 0 Å². The van der Waals surface area contributed by atoms with Crippen molar-refractivity contribution in [2.24, 2.45) is 0 Å². The Kier molecular flexibility index (Phi) is 4.98. The number of allylic oxidation sites excluding steroid dienone is 4. The zero-order valence-electron chi connectivity index (χ0n) is 24.6. The van der Waals surface area contributed by atoms with Crippen LogP contribution in [-0.2, 0) is 0 Å². The molecule has 4 aromatic heterocycles. The Balaban J connectivity index is 1.37. The van der Waals surface area contributed by atoms with Crippen LogP contribution in [-0.4, -0.2) is 0 Å². The Morgan fingerprint density at radius 3 is 1.67 bits per heavy atom. The summed E-state index contributed by atoms with van der Waals surface area (Å²) >= 11 is 0. The zero-order valence-corrected chi connectivity index (χ0v) is 24.6. The van der Waals surface area contributed by atoms with Gasteiger partial charge in [0.15, 0.2) is 0 Å². The second-order valence-corrected chi connectivity index (χ2v) is 11.7. The highest BCUT2D eigenvalue weighted by Crippen LogP contribution is 2.48. The molecule has 4 nitrogen and oxygen atoms in total. The molecule has 0 bridgehead atoms. The van der Waals surface area contributed by atoms with Crippen molar-refractivity contribution >= 4 is 93.3 Å². The molecule has 46 heavy (non-hydrogen) atoms. The average Bonchev–Trinajstić information content (AvgIpc) is 3.85. The molecule has 0 aliphatic carbocycles. The fourth-order valence-corrected chi connectivity index (χ4v) is 7.24. The first kappa shape index (κ1) is 25.1. The standard InChI is InChI=1S/C42H24O4/c1-3-12-23(4-2)27-19-35-37(39-25-15-8-10-17-31(25)45-41(27)39)29-21-34-30(22-33(29)43-35)38-36(44-34)20-28(24-13-6-5-7-14-24)42-40(38)26-16-9-11-18-32(26)46-42/h3-22H,1-2H2/b23-12+. The molecular formula is C42H24O4. The topological polar surface area (TPSA) is 52.6 Å². The lowest BCUT2D eigenvalue weighted by Gasteiger charge is -2.04. The minimum atomic E-state index is 0.767. The summed E-state index contributed by atoms with van der Waals surface area (Å²) in [6.45, 7) is 7.97. The predicted octanol–water partition coefficient (Wildman–Crippen LogP) is 12.7. The quantitative estimate of drug-likeness (QED) is 0.191. The molecule has 0 spiro atoms. The number of benzene rings is 6. The number of furan rings is 4. The number of hydrogen-bond acceptors (Lipinski definition) is 4. The van der Waals surface area contributed by atoms with Gasteiger partial charge in [0.1, 0.15) is 44.7 Å². The first-order valence-electron chi connectivity index (χ1n) is 15.2. The lowest BCUT2D eigenvalue weighted by molar-refractivity contribution is 0.660. The summed E-state index contributed by atoms with van der Waals surface area (Å²) in [5, 5.41) is 8.07. The van der Waals surface area contributed by atoms with Gasteiger partial charge in [0.2, 0.25) is 0 Å². The van der Waals surface area contributed by atoms with Gasteiger partial charge in [0, 0.05) is 54.2 Å². The van der Waals surface area contributed by atoms with Gasteiger partial charge in [-0.05, 0) is 47.5 Å². The van der Waals surface area contributed by atoms with Crippen molar-refractivity contribution in [2.75, 3.05) is 0 Å². The monoisotopic (exact) mass is 592 g/mol. The van der Waals surface area contributed by atoms with Gasteiger partial charge in [-0.1, -0.05) is 98.1 Å². The van der Waals surface area contributed by atoms with E-state index in [0.717, 1.165) is 110 Å². The van der Waals surface area contributed by atoms with Crippen molar-refractivity contribution in [3.8, 4) is 11.1 Å². The molecule has 0 fully saturated rings. The summed E-state index contributed by atoms with van der Waals surface area (Å²) in [7, 11) is 0. The molecule has 10 rings (SSSR count). The van der Waals surface area contributed by atoms with Gasteiger partial charge >= 0.3 is 0 Å². The molecule has 0 saturated carbocycles. The van der Waals surface area contributed by atoms with Gasteiger partial charge in [-0.3, -0.25) is 0 Å². The van der Waals surface area contributed by atoms with Crippen LogP contribution >= 0.6 is 0 Å². The average molecular weight is 593 g/mol. The number of fused-ring (bicyclic) bond motifs is 14. The Morgan fingerprint density at radius 2 is 1.04 bits per heavy atom. The summed E-state index contributed by atoms with van der Waals surface area (Å²) in [4.78, 5) is 0. The number of hydrogen-bond donors (Lipinski definition) is 0.